The van der Waals surface area contributed by atoms with E-state index in [9.17, 15) is 18.0 Å². The molecular weight excluding hydrogens is 281 g/mol. The predicted molar refractivity (Wildman–Crippen MR) is 70.4 cm³/mol. The van der Waals surface area contributed by atoms with Gasteiger partial charge in [0.2, 0.25) is 0 Å². The van der Waals surface area contributed by atoms with Crippen LogP contribution in [0.5, 0.6) is 0 Å². The van der Waals surface area contributed by atoms with Gasteiger partial charge < -0.3 is 0 Å². The van der Waals surface area contributed by atoms with E-state index in [1.807, 2.05) is 6.92 Å². The van der Waals surface area contributed by atoms with E-state index < -0.39 is 11.7 Å². The van der Waals surface area contributed by atoms with Crippen molar-refractivity contribution in [3.05, 3.63) is 47.3 Å². The Morgan fingerprint density at radius 1 is 1.29 bits per heavy atom. The summed E-state index contributed by atoms with van der Waals surface area (Å²) >= 11 is 0. The summed E-state index contributed by atoms with van der Waals surface area (Å²) in [7, 11) is 0. The molecule has 0 amide bonds. The van der Waals surface area contributed by atoms with Gasteiger partial charge in [-0.1, -0.05) is 13.0 Å². The van der Waals surface area contributed by atoms with Crippen LogP contribution in [0.2, 0.25) is 0 Å². The molecule has 2 aromatic rings. The Kier molecular flexibility index (Phi) is 3.11. The van der Waals surface area contributed by atoms with Crippen LogP contribution in [0.1, 0.15) is 35.0 Å². The number of alkyl halides is 3. The largest absolute Gasteiger partial charge is 0.416 e. The SMILES string of the molecule is C[C@H]1CC(=O)c2cnn(-c3cccc(C(F)(F)F)c3)c2C1. The Morgan fingerprint density at radius 2 is 2.05 bits per heavy atom. The lowest BCUT2D eigenvalue weighted by atomic mass is 9.88. The fourth-order valence-electron chi connectivity index (χ4n) is 2.67. The number of Topliss-reactive ketones (excluding diaryl/α,β-unsaturated/α-hetero) is 1. The number of hydrogen-bond donors (Lipinski definition) is 0. The topological polar surface area (TPSA) is 34.9 Å². The highest BCUT2D eigenvalue weighted by Crippen LogP contribution is 2.32. The van der Waals surface area contributed by atoms with Crippen LogP contribution in [-0.2, 0) is 12.6 Å². The third-order valence-corrected chi connectivity index (χ3v) is 3.66. The van der Waals surface area contributed by atoms with Crippen LogP contribution in [0.3, 0.4) is 0 Å². The molecule has 0 aliphatic heterocycles. The second-order valence-electron chi connectivity index (χ2n) is 5.40. The van der Waals surface area contributed by atoms with Crippen molar-refractivity contribution in [1.82, 2.24) is 9.78 Å². The van der Waals surface area contributed by atoms with Gasteiger partial charge in [-0.25, -0.2) is 4.68 Å². The first-order valence-corrected chi connectivity index (χ1v) is 6.64. The number of ketones is 1. The summed E-state index contributed by atoms with van der Waals surface area (Å²) in [5.74, 6) is 0.174. The minimum absolute atomic E-state index is 0.00183. The van der Waals surface area contributed by atoms with E-state index in [4.69, 9.17) is 0 Å². The van der Waals surface area contributed by atoms with E-state index in [-0.39, 0.29) is 11.7 Å². The molecule has 21 heavy (non-hydrogen) atoms. The zero-order valence-corrected chi connectivity index (χ0v) is 11.3. The molecule has 0 saturated carbocycles. The van der Waals surface area contributed by atoms with Crippen molar-refractivity contribution in [3.63, 3.8) is 0 Å². The molecule has 0 spiro atoms. The molecule has 1 heterocycles. The molecule has 0 saturated heterocycles. The molecule has 1 aromatic heterocycles. The Balaban J connectivity index is 2.09. The molecular formula is C15H13F3N2O. The lowest BCUT2D eigenvalue weighted by Gasteiger charge is -2.19. The molecule has 1 aromatic carbocycles. The maximum absolute atomic E-state index is 12.8. The van der Waals surface area contributed by atoms with Gasteiger partial charge in [0.25, 0.3) is 0 Å². The number of halogens is 3. The minimum atomic E-state index is -4.40. The Labute approximate surface area is 119 Å². The van der Waals surface area contributed by atoms with Gasteiger partial charge in [0, 0.05) is 6.42 Å². The third-order valence-electron chi connectivity index (χ3n) is 3.66. The fraction of sp³-hybridized carbons (Fsp3) is 0.333. The first-order chi connectivity index (χ1) is 9.86. The van der Waals surface area contributed by atoms with Crippen molar-refractivity contribution >= 4 is 5.78 Å². The zero-order valence-electron chi connectivity index (χ0n) is 11.3. The number of benzene rings is 1. The normalized spacial score (nSPS) is 18.7. The van der Waals surface area contributed by atoms with Gasteiger partial charge in [-0.3, -0.25) is 4.79 Å². The van der Waals surface area contributed by atoms with Gasteiger partial charge in [0.15, 0.2) is 5.78 Å². The van der Waals surface area contributed by atoms with Crippen LogP contribution >= 0.6 is 0 Å². The second-order valence-corrected chi connectivity index (χ2v) is 5.40. The number of aromatic nitrogens is 2. The molecule has 3 rings (SSSR count). The number of fused-ring (bicyclic) bond motifs is 1. The minimum Gasteiger partial charge on any atom is -0.294 e. The Morgan fingerprint density at radius 3 is 2.76 bits per heavy atom. The molecule has 3 nitrogen and oxygen atoms in total. The van der Waals surface area contributed by atoms with Crippen LogP contribution in [-0.4, -0.2) is 15.6 Å². The molecule has 1 aliphatic rings. The van der Waals surface area contributed by atoms with Crippen LogP contribution in [0, 0.1) is 5.92 Å². The molecule has 0 N–H and O–H groups in total. The Bertz CT molecular complexity index is 703. The molecule has 0 fully saturated rings. The predicted octanol–water partition coefficient (Wildman–Crippen LogP) is 3.66. The van der Waals surface area contributed by atoms with Crippen molar-refractivity contribution in [2.75, 3.05) is 0 Å². The average Bonchev–Trinajstić information content (AvgIpc) is 2.82. The van der Waals surface area contributed by atoms with E-state index in [1.165, 1.54) is 16.9 Å². The van der Waals surface area contributed by atoms with Crippen LogP contribution in [0.15, 0.2) is 30.5 Å². The van der Waals surface area contributed by atoms with Crippen LogP contribution in [0.4, 0.5) is 13.2 Å². The van der Waals surface area contributed by atoms with Gasteiger partial charge in [-0.15, -0.1) is 0 Å². The summed E-state index contributed by atoms with van der Waals surface area (Å²) in [6.45, 7) is 1.95. The van der Waals surface area contributed by atoms with E-state index in [0.717, 1.165) is 12.1 Å². The highest BCUT2D eigenvalue weighted by Gasteiger charge is 2.31. The number of rotatable bonds is 1. The van der Waals surface area contributed by atoms with Crippen molar-refractivity contribution in [3.8, 4) is 5.69 Å². The van der Waals surface area contributed by atoms with Crippen molar-refractivity contribution in [2.24, 2.45) is 5.92 Å². The lowest BCUT2D eigenvalue weighted by molar-refractivity contribution is -0.137. The standard InChI is InChI=1S/C15H13F3N2O/c1-9-5-13-12(14(21)6-9)8-19-20(13)11-4-2-3-10(7-11)15(16,17)18/h2-4,7-9H,5-6H2,1H3/t9-/m1/s1. The first-order valence-electron chi connectivity index (χ1n) is 6.64. The molecule has 1 atom stereocenters. The number of carbonyl (C=O) groups excluding carboxylic acids is 1. The molecule has 1 aliphatic carbocycles. The molecule has 0 radical (unpaired) electrons. The van der Waals surface area contributed by atoms with Gasteiger partial charge in [0.05, 0.1) is 28.7 Å². The van der Waals surface area contributed by atoms with Crippen molar-refractivity contribution < 1.29 is 18.0 Å². The van der Waals surface area contributed by atoms with Gasteiger partial charge in [-0.05, 0) is 30.5 Å². The van der Waals surface area contributed by atoms with Crippen molar-refractivity contribution in [2.45, 2.75) is 25.9 Å². The lowest BCUT2D eigenvalue weighted by Crippen LogP contribution is -2.19. The van der Waals surface area contributed by atoms with E-state index in [1.54, 1.807) is 6.07 Å². The number of carbonyl (C=O) groups is 1. The summed E-state index contributed by atoms with van der Waals surface area (Å²) in [4.78, 5) is 11.9. The van der Waals surface area contributed by atoms with Crippen LogP contribution < -0.4 is 0 Å². The fourth-order valence-corrected chi connectivity index (χ4v) is 2.67. The highest BCUT2D eigenvalue weighted by molar-refractivity contribution is 5.98. The number of hydrogen-bond acceptors (Lipinski definition) is 2. The average molecular weight is 294 g/mol. The maximum Gasteiger partial charge on any atom is 0.416 e. The monoisotopic (exact) mass is 294 g/mol. The van der Waals surface area contributed by atoms with Gasteiger partial charge in [-0.2, -0.15) is 18.3 Å². The van der Waals surface area contributed by atoms with E-state index >= 15 is 0 Å². The second kappa shape index (κ2) is 4.72. The quantitative estimate of drug-likeness (QED) is 0.804. The van der Waals surface area contributed by atoms with Gasteiger partial charge >= 0.3 is 6.18 Å². The summed E-state index contributed by atoms with van der Waals surface area (Å²) in [5.41, 5.74) is 0.816. The molecule has 110 valence electrons. The molecule has 6 heteroatoms. The number of nitrogens with zero attached hydrogens (tertiary/aromatic N) is 2. The van der Waals surface area contributed by atoms with E-state index in [2.05, 4.69) is 5.10 Å². The van der Waals surface area contributed by atoms with Gasteiger partial charge in [0.1, 0.15) is 0 Å². The Hall–Kier alpha value is -2.11. The molecule has 0 bridgehead atoms. The summed E-state index contributed by atoms with van der Waals surface area (Å²) in [6.07, 6.45) is -1.85. The highest BCUT2D eigenvalue weighted by atomic mass is 19.4. The first kappa shape index (κ1) is 13.9. The van der Waals surface area contributed by atoms with Crippen LogP contribution in [0.25, 0.3) is 5.69 Å². The third kappa shape index (κ3) is 2.46. The summed E-state index contributed by atoms with van der Waals surface area (Å²) in [6, 6.07) is 4.98. The summed E-state index contributed by atoms with van der Waals surface area (Å²) < 4.78 is 39.8. The maximum atomic E-state index is 12.8. The zero-order chi connectivity index (χ0) is 15.2. The van der Waals surface area contributed by atoms with E-state index in [0.29, 0.717) is 29.8 Å². The smallest absolute Gasteiger partial charge is 0.294 e. The molecule has 0 unspecified atom stereocenters. The van der Waals surface area contributed by atoms with Crippen molar-refractivity contribution in [1.29, 1.82) is 0 Å². The summed E-state index contributed by atoms with van der Waals surface area (Å²) in [5, 5.41) is 4.10.